The number of thioether (sulfide) groups is 1. The highest BCUT2D eigenvalue weighted by molar-refractivity contribution is 8.03. The van der Waals surface area contributed by atoms with E-state index in [-0.39, 0.29) is 4.33 Å². The lowest BCUT2D eigenvalue weighted by atomic mass is 10.4. The summed E-state index contributed by atoms with van der Waals surface area (Å²) < 4.78 is 0.141. The van der Waals surface area contributed by atoms with Gasteiger partial charge in [-0.3, -0.25) is 0 Å². The summed E-state index contributed by atoms with van der Waals surface area (Å²) in [6, 6.07) is 21.0. The lowest BCUT2D eigenvalue weighted by molar-refractivity contribution is 1.45. The van der Waals surface area contributed by atoms with Crippen LogP contribution in [0.5, 0.6) is 0 Å². The van der Waals surface area contributed by atoms with Crippen LogP contribution >= 0.6 is 23.4 Å². The van der Waals surface area contributed by atoms with Gasteiger partial charge in [0.1, 0.15) is 8.07 Å². The molecule has 0 aliphatic heterocycles. The van der Waals surface area contributed by atoms with E-state index < -0.39 is 8.07 Å². The van der Waals surface area contributed by atoms with Crippen molar-refractivity contribution < 1.29 is 0 Å². The molecule has 0 spiro atoms. The summed E-state index contributed by atoms with van der Waals surface area (Å²) in [4.78, 5) is 1.24. The van der Waals surface area contributed by atoms with Crippen LogP contribution in [0.25, 0.3) is 0 Å². The predicted molar refractivity (Wildman–Crippen MR) is 85.5 cm³/mol. The molecule has 0 N–H and O–H groups in total. The van der Waals surface area contributed by atoms with Gasteiger partial charge in [-0.25, -0.2) is 0 Å². The van der Waals surface area contributed by atoms with Gasteiger partial charge in [-0.1, -0.05) is 66.8 Å². The monoisotopic (exact) mass is 292 g/mol. The van der Waals surface area contributed by atoms with Gasteiger partial charge in [-0.15, -0.1) is 23.4 Å². The summed E-state index contributed by atoms with van der Waals surface area (Å²) in [5.74, 6) is 0. The van der Waals surface area contributed by atoms with E-state index in [9.17, 15) is 0 Å². The summed E-state index contributed by atoms with van der Waals surface area (Å²) in [7, 11) is -1.64. The second-order valence-electron chi connectivity index (χ2n) is 4.83. The Hall–Kier alpha value is -0.703. The van der Waals surface area contributed by atoms with Crippen molar-refractivity contribution in [1.82, 2.24) is 0 Å². The zero-order valence-corrected chi connectivity index (χ0v) is 13.2. The highest BCUT2D eigenvalue weighted by Gasteiger charge is 2.32. The Balaban J connectivity index is 2.15. The summed E-state index contributed by atoms with van der Waals surface area (Å²) in [6.07, 6.45) is 0. The van der Waals surface area contributed by atoms with Gasteiger partial charge in [0.25, 0.3) is 0 Å². The molecule has 2 aromatic carbocycles. The summed E-state index contributed by atoms with van der Waals surface area (Å²) in [5.41, 5.74) is 0. The first kappa shape index (κ1) is 13.7. The van der Waals surface area contributed by atoms with Crippen molar-refractivity contribution >= 4 is 36.6 Å². The quantitative estimate of drug-likeness (QED) is 0.454. The SMILES string of the molecule is C[Si](C)(c1ccccc1)C(Cl)Sc1ccccc1. The topological polar surface area (TPSA) is 0 Å². The summed E-state index contributed by atoms with van der Waals surface area (Å²) in [5, 5.41) is 1.41. The molecule has 0 amide bonds. The lowest BCUT2D eigenvalue weighted by Gasteiger charge is -2.28. The molecule has 94 valence electrons. The third kappa shape index (κ3) is 3.19. The van der Waals surface area contributed by atoms with E-state index in [4.69, 9.17) is 11.6 Å². The van der Waals surface area contributed by atoms with E-state index in [2.05, 4.69) is 67.7 Å². The van der Waals surface area contributed by atoms with Crippen LogP contribution in [0, 0.1) is 0 Å². The molecule has 2 rings (SSSR count). The molecule has 0 saturated carbocycles. The highest BCUT2D eigenvalue weighted by atomic mass is 35.5. The van der Waals surface area contributed by atoms with Crippen LogP contribution in [0.3, 0.4) is 0 Å². The molecule has 18 heavy (non-hydrogen) atoms. The van der Waals surface area contributed by atoms with Gasteiger partial charge in [-0.05, 0) is 12.1 Å². The molecule has 1 atom stereocenters. The first-order valence-corrected chi connectivity index (χ1v) is 10.4. The largest absolute Gasteiger partial charge is 0.114 e. The van der Waals surface area contributed by atoms with E-state index in [0.717, 1.165) is 0 Å². The van der Waals surface area contributed by atoms with Crippen molar-refractivity contribution in [3.05, 3.63) is 60.7 Å². The fourth-order valence-electron chi connectivity index (χ4n) is 1.76. The molecule has 0 radical (unpaired) electrons. The Labute approximate surface area is 119 Å². The molecule has 0 saturated heterocycles. The molecule has 2 aromatic rings. The molecule has 0 fully saturated rings. The molecule has 1 unspecified atom stereocenters. The standard InChI is InChI=1S/C15H17ClSSi/c1-18(2,14-11-7-4-8-12-14)15(16)17-13-9-5-3-6-10-13/h3-12,15H,1-2H3. The minimum absolute atomic E-state index is 0.141. The normalized spacial score (nSPS) is 13.3. The van der Waals surface area contributed by atoms with Crippen molar-refractivity contribution in [3.63, 3.8) is 0 Å². The maximum Gasteiger partial charge on any atom is 0.113 e. The minimum atomic E-state index is -1.64. The molecule has 0 nitrogen and oxygen atoms in total. The van der Waals surface area contributed by atoms with E-state index >= 15 is 0 Å². The number of rotatable bonds is 4. The molecule has 0 aromatic heterocycles. The van der Waals surface area contributed by atoms with Gasteiger partial charge >= 0.3 is 0 Å². The maximum atomic E-state index is 6.67. The Morgan fingerprint density at radius 1 is 0.889 bits per heavy atom. The third-order valence-electron chi connectivity index (χ3n) is 3.07. The third-order valence-corrected chi connectivity index (χ3v) is 10.8. The van der Waals surface area contributed by atoms with E-state index in [1.807, 2.05) is 6.07 Å². The van der Waals surface area contributed by atoms with E-state index in [0.29, 0.717) is 0 Å². The first-order chi connectivity index (χ1) is 8.60. The van der Waals surface area contributed by atoms with E-state index in [1.165, 1.54) is 10.1 Å². The van der Waals surface area contributed by atoms with Crippen LogP contribution in [-0.4, -0.2) is 12.4 Å². The maximum absolute atomic E-state index is 6.67. The van der Waals surface area contributed by atoms with Crippen LogP contribution < -0.4 is 5.19 Å². The van der Waals surface area contributed by atoms with Gasteiger partial charge in [0.2, 0.25) is 0 Å². The van der Waals surface area contributed by atoms with Crippen molar-refractivity contribution in [1.29, 1.82) is 0 Å². The van der Waals surface area contributed by atoms with Crippen LogP contribution in [0.2, 0.25) is 13.1 Å². The zero-order chi connectivity index (χ0) is 13.0. The Morgan fingerprint density at radius 3 is 1.94 bits per heavy atom. The Morgan fingerprint density at radius 2 is 1.39 bits per heavy atom. The minimum Gasteiger partial charge on any atom is -0.114 e. The lowest BCUT2D eigenvalue weighted by Crippen LogP contribution is -2.48. The molecule has 0 aliphatic carbocycles. The molecule has 0 heterocycles. The zero-order valence-electron chi connectivity index (χ0n) is 10.6. The highest BCUT2D eigenvalue weighted by Crippen LogP contribution is 2.32. The fraction of sp³-hybridized carbons (Fsp3) is 0.200. The van der Waals surface area contributed by atoms with Crippen LogP contribution in [0.1, 0.15) is 0 Å². The van der Waals surface area contributed by atoms with Gasteiger partial charge in [0.05, 0.1) is 4.33 Å². The molecule has 0 bridgehead atoms. The van der Waals surface area contributed by atoms with Gasteiger partial charge in [-0.2, -0.15) is 0 Å². The first-order valence-electron chi connectivity index (χ1n) is 6.02. The second kappa shape index (κ2) is 5.96. The predicted octanol–water partition coefficient (Wildman–Crippen LogP) is 4.50. The molecule has 0 aliphatic rings. The summed E-state index contributed by atoms with van der Waals surface area (Å²) in [6.45, 7) is 4.66. The number of halogens is 1. The van der Waals surface area contributed by atoms with Crippen molar-refractivity contribution in [2.24, 2.45) is 0 Å². The molecule has 3 heteroatoms. The van der Waals surface area contributed by atoms with Gasteiger partial charge in [0.15, 0.2) is 0 Å². The number of hydrogen-bond acceptors (Lipinski definition) is 1. The number of hydrogen-bond donors (Lipinski definition) is 0. The molecular weight excluding hydrogens is 276 g/mol. The Bertz CT molecular complexity index is 484. The smallest absolute Gasteiger partial charge is 0.113 e. The fourth-order valence-corrected chi connectivity index (χ4v) is 6.31. The van der Waals surface area contributed by atoms with Crippen molar-refractivity contribution in [2.45, 2.75) is 22.3 Å². The van der Waals surface area contributed by atoms with Gasteiger partial charge in [0, 0.05) is 4.90 Å². The van der Waals surface area contributed by atoms with Crippen LogP contribution in [-0.2, 0) is 0 Å². The van der Waals surface area contributed by atoms with Crippen molar-refractivity contribution in [3.8, 4) is 0 Å². The van der Waals surface area contributed by atoms with Gasteiger partial charge < -0.3 is 0 Å². The number of benzene rings is 2. The Kier molecular flexibility index (Phi) is 4.54. The molecular formula is C15H17ClSSi. The van der Waals surface area contributed by atoms with E-state index in [1.54, 1.807) is 11.8 Å². The summed E-state index contributed by atoms with van der Waals surface area (Å²) >= 11 is 8.44. The van der Waals surface area contributed by atoms with Crippen LogP contribution in [0.15, 0.2) is 65.6 Å². The van der Waals surface area contributed by atoms with Crippen LogP contribution in [0.4, 0.5) is 0 Å². The van der Waals surface area contributed by atoms with Crippen molar-refractivity contribution in [2.75, 3.05) is 0 Å². The second-order valence-corrected chi connectivity index (χ2v) is 12.1. The number of alkyl halides is 1. The average molecular weight is 293 g/mol. The average Bonchev–Trinajstić information content (AvgIpc) is 2.41.